The standard InChI is InChI=1S/C17H33N3/c1-4-6-14-12-20(17(11-18-14)13(2)3)16-8-10-19-9-5-7-15(16)19/h13-18H,4-12H2,1-3H3. The third-order valence-electron chi connectivity index (χ3n) is 5.88. The van der Waals surface area contributed by atoms with Gasteiger partial charge in [-0.1, -0.05) is 27.2 Å². The van der Waals surface area contributed by atoms with Crippen LogP contribution in [0.5, 0.6) is 0 Å². The zero-order valence-corrected chi connectivity index (χ0v) is 13.6. The highest BCUT2D eigenvalue weighted by atomic mass is 15.3. The van der Waals surface area contributed by atoms with E-state index in [1.807, 2.05) is 0 Å². The number of nitrogens with zero attached hydrogens (tertiary/aromatic N) is 2. The third kappa shape index (κ3) is 2.77. The van der Waals surface area contributed by atoms with Gasteiger partial charge >= 0.3 is 0 Å². The normalized spacial score (nSPS) is 39.6. The van der Waals surface area contributed by atoms with E-state index in [-0.39, 0.29) is 0 Å². The summed E-state index contributed by atoms with van der Waals surface area (Å²) < 4.78 is 0. The van der Waals surface area contributed by atoms with Gasteiger partial charge in [-0.05, 0) is 38.1 Å². The minimum Gasteiger partial charge on any atom is -0.311 e. The minimum absolute atomic E-state index is 0.727. The van der Waals surface area contributed by atoms with E-state index in [0.717, 1.165) is 30.1 Å². The fourth-order valence-corrected chi connectivity index (χ4v) is 4.84. The van der Waals surface area contributed by atoms with Crippen molar-refractivity contribution in [2.75, 3.05) is 26.2 Å². The molecule has 3 saturated heterocycles. The van der Waals surface area contributed by atoms with Gasteiger partial charge in [0.25, 0.3) is 0 Å². The average molecular weight is 279 g/mol. The van der Waals surface area contributed by atoms with Gasteiger partial charge in [-0.2, -0.15) is 0 Å². The largest absolute Gasteiger partial charge is 0.311 e. The molecule has 1 N–H and O–H groups in total. The summed E-state index contributed by atoms with van der Waals surface area (Å²) >= 11 is 0. The Bertz CT molecular complexity index is 317. The lowest BCUT2D eigenvalue weighted by Gasteiger charge is -2.47. The summed E-state index contributed by atoms with van der Waals surface area (Å²) in [5.74, 6) is 0.764. The Morgan fingerprint density at radius 2 is 2.00 bits per heavy atom. The topological polar surface area (TPSA) is 18.5 Å². The molecule has 0 aromatic carbocycles. The molecule has 0 saturated carbocycles. The smallest absolute Gasteiger partial charge is 0.0268 e. The van der Waals surface area contributed by atoms with Gasteiger partial charge in [0.2, 0.25) is 0 Å². The number of piperazine rings is 1. The summed E-state index contributed by atoms with van der Waals surface area (Å²) in [4.78, 5) is 5.68. The molecule has 3 heterocycles. The van der Waals surface area contributed by atoms with Crippen LogP contribution in [0.2, 0.25) is 0 Å². The van der Waals surface area contributed by atoms with Crippen molar-refractivity contribution in [3.63, 3.8) is 0 Å². The molecule has 3 heteroatoms. The molecule has 116 valence electrons. The van der Waals surface area contributed by atoms with Crippen LogP contribution in [0.25, 0.3) is 0 Å². The molecular formula is C17H33N3. The Labute approximate surface area is 125 Å². The summed E-state index contributed by atoms with van der Waals surface area (Å²) in [6.45, 7) is 12.3. The molecular weight excluding hydrogens is 246 g/mol. The Morgan fingerprint density at radius 1 is 1.15 bits per heavy atom. The first-order valence-electron chi connectivity index (χ1n) is 8.94. The van der Waals surface area contributed by atoms with Crippen molar-refractivity contribution in [1.29, 1.82) is 0 Å². The molecule has 0 radical (unpaired) electrons. The Morgan fingerprint density at radius 3 is 2.75 bits per heavy atom. The molecule has 3 aliphatic rings. The molecule has 3 fully saturated rings. The van der Waals surface area contributed by atoms with Gasteiger partial charge in [-0.25, -0.2) is 0 Å². The van der Waals surface area contributed by atoms with Crippen molar-refractivity contribution in [3.8, 4) is 0 Å². The molecule has 4 atom stereocenters. The van der Waals surface area contributed by atoms with Crippen molar-refractivity contribution >= 4 is 0 Å². The predicted molar refractivity (Wildman–Crippen MR) is 85.0 cm³/mol. The number of fused-ring (bicyclic) bond motifs is 1. The molecule has 20 heavy (non-hydrogen) atoms. The monoisotopic (exact) mass is 279 g/mol. The summed E-state index contributed by atoms with van der Waals surface area (Å²) in [7, 11) is 0. The van der Waals surface area contributed by atoms with Gasteiger partial charge in [0.1, 0.15) is 0 Å². The highest BCUT2D eigenvalue weighted by Gasteiger charge is 2.44. The molecule has 0 aromatic rings. The highest BCUT2D eigenvalue weighted by molar-refractivity contribution is 5.01. The molecule has 0 spiro atoms. The molecule has 0 aliphatic carbocycles. The van der Waals surface area contributed by atoms with Crippen LogP contribution in [0.15, 0.2) is 0 Å². The van der Waals surface area contributed by atoms with E-state index in [2.05, 4.69) is 35.9 Å². The Hall–Kier alpha value is -0.120. The first kappa shape index (κ1) is 14.8. The Balaban J connectivity index is 1.72. The van der Waals surface area contributed by atoms with E-state index in [4.69, 9.17) is 0 Å². The van der Waals surface area contributed by atoms with E-state index in [0.29, 0.717) is 0 Å². The van der Waals surface area contributed by atoms with Gasteiger partial charge in [0.05, 0.1) is 0 Å². The molecule has 0 amide bonds. The fourth-order valence-electron chi connectivity index (χ4n) is 4.84. The van der Waals surface area contributed by atoms with E-state index in [1.54, 1.807) is 0 Å². The summed E-state index contributed by atoms with van der Waals surface area (Å²) in [5, 5.41) is 3.81. The second-order valence-electron chi connectivity index (χ2n) is 7.50. The van der Waals surface area contributed by atoms with Crippen LogP contribution < -0.4 is 5.32 Å². The minimum atomic E-state index is 0.727. The fraction of sp³-hybridized carbons (Fsp3) is 1.00. The summed E-state index contributed by atoms with van der Waals surface area (Å²) in [5.41, 5.74) is 0. The van der Waals surface area contributed by atoms with Gasteiger partial charge < -0.3 is 5.32 Å². The van der Waals surface area contributed by atoms with Crippen molar-refractivity contribution in [2.24, 2.45) is 5.92 Å². The third-order valence-corrected chi connectivity index (χ3v) is 5.88. The molecule has 3 rings (SSSR count). The van der Waals surface area contributed by atoms with Crippen LogP contribution in [-0.4, -0.2) is 60.1 Å². The number of nitrogens with one attached hydrogen (secondary N) is 1. The van der Waals surface area contributed by atoms with Crippen LogP contribution in [-0.2, 0) is 0 Å². The number of hydrogen-bond acceptors (Lipinski definition) is 3. The maximum Gasteiger partial charge on any atom is 0.0268 e. The first-order valence-corrected chi connectivity index (χ1v) is 8.94. The quantitative estimate of drug-likeness (QED) is 0.852. The van der Waals surface area contributed by atoms with Crippen LogP contribution in [0.3, 0.4) is 0 Å². The van der Waals surface area contributed by atoms with Crippen LogP contribution >= 0.6 is 0 Å². The highest BCUT2D eigenvalue weighted by Crippen LogP contribution is 2.34. The maximum atomic E-state index is 3.81. The van der Waals surface area contributed by atoms with Crippen molar-refractivity contribution in [3.05, 3.63) is 0 Å². The molecule has 3 aliphatic heterocycles. The second kappa shape index (κ2) is 6.33. The molecule has 0 bridgehead atoms. The van der Waals surface area contributed by atoms with Crippen LogP contribution in [0, 0.1) is 5.92 Å². The lowest BCUT2D eigenvalue weighted by atomic mass is 9.92. The van der Waals surface area contributed by atoms with E-state index in [9.17, 15) is 0 Å². The molecule has 3 nitrogen and oxygen atoms in total. The molecule has 0 aromatic heterocycles. The number of hydrogen-bond donors (Lipinski definition) is 1. The lowest BCUT2D eigenvalue weighted by molar-refractivity contribution is 0.0416. The van der Waals surface area contributed by atoms with Crippen molar-refractivity contribution in [2.45, 2.75) is 77.0 Å². The average Bonchev–Trinajstić information content (AvgIpc) is 3.01. The predicted octanol–water partition coefficient (Wildman–Crippen LogP) is 2.32. The lowest BCUT2D eigenvalue weighted by Crippen LogP contribution is -2.62. The number of rotatable bonds is 4. The summed E-state index contributed by atoms with van der Waals surface area (Å²) in [6, 6.07) is 3.18. The van der Waals surface area contributed by atoms with E-state index in [1.165, 1.54) is 58.3 Å². The van der Waals surface area contributed by atoms with Gasteiger partial charge in [-0.15, -0.1) is 0 Å². The maximum absolute atomic E-state index is 3.81. The van der Waals surface area contributed by atoms with Crippen molar-refractivity contribution in [1.82, 2.24) is 15.1 Å². The van der Waals surface area contributed by atoms with Gasteiger partial charge in [0, 0.05) is 43.8 Å². The zero-order valence-electron chi connectivity index (χ0n) is 13.6. The Kier molecular flexibility index (Phi) is 4.68. The van der Waals surface area contributed by atoms with E-state index < -0.39 is 0 Å². The van der Waals surface area contributed by atoms with Gasteiger partial charge in [0.15, 0.2) is 0 Å². The zero-order chi connectivity index (χ0) is 14.1. The second-order valence-corrected chi connectivity index (χ2v) is 7.50. The SMILES string of the molecule is CCCC1CN(C2CCN3CCCC23)C(C(C)C)CN1. The van der Waals surface area contributed by atoms with E-state index >= 15 is 0 Å². The van der Waals surface area contributed by atoms with Crippen molar-refractivity contribution < 1.29 is 0 Å². The van der Waals surface area contributed by atoms with Crippen LogP contribution in [0.4, 0.5) is 0 Å². The van der Waals surface area contributed by atoms with Gasteiger partial charge in [-0.3, -0.25) is 9.80 Å². The first-order chi connectivity index (χ1) is 9.70. The molecule has 4 unspecified atom stereocenters. The summed E-state index contributed by atoms with van der Waals surface area (Å²) in [6.07, 6.45) is 6.92. The van der Waals surface area contributed by atoms with Crippen LogP contribution in [0.1, 0.15) is 52.9 Å².